The number of halogens is 1. The number of imide groups is 1. The Morgan fingerprint density at radius 3 is 2.72 bits per heavy atom. The second-order valence-corrected chi connectivity index (χ2v) is 7.23. The summed E-state index contributed by atoms with van der Waals surface area (Å²) in [5, 5.41) is 1.89. The lowest BCUT2D eigenvalue weighted by Crippen LogP contribution is -2.38. The molecule has 0 saturated carbocycles. The van der Waals surface area contributed by atoms with Crippen molar-refractivity contribution >= 4 is 34.3 Å². The van der Waals surface area contributed by atoms with Crippen LogP contribution in [0, 0.1) is 11.8 Å². The predicted octanol–water partition coefficient (Wildman–Crippen LogP) is 3.04. The van der Waals surface area contributed by atoms with E-state index < -0.39 is 0 Å². The third-order valence-electron chi connectivity index (χ3n) is 5.23. The number of carbonyl (C=O) groups is 2. The van der Waals surface area contributed by atoms with Gasteiger partial charge >= 0.3 is 0 Å². The van der Waals surface area contributed by atoms with Gasteiger partial charge in [-0.1, -0.05) is 29.8 Å². The van der Waals surface area contributed by atoms with E-state index >= 15 is 0 Å². The van der Waals surface area contributed by atoms with Crippen LogP contribution < -0.4 is 4.57 Å². The fraction of sp³-hybridized carbons (Fsp3) is 0.350. The number of aromatic nitrogens is 1. The third-order valence-corrected chi connectivity index (χ3v) is 5.54. The van der Waals surface area contributed by atoms with E-state index in [1.54, 1.807) is 0 Å². The molecule has 4 rings (SSSR count). The smallest absolute Gasteiger partial charge is 0.233 e. The predicted molar refractivity (Wildman–Crippen MR) is 95.6 cm³/mol. The first kappa shape index (κ1) is 16.3. The summed E-state index contributed by atoms with van der Waals surface area (Å²) >= 11 is 6.06. The summed E-state index contributed by atoms with van der Waals surface area (Å²) in [4.78, 5) is 26.5. The van der Waals surface area contributed by atoms with E-state index in [2.05, 4.69) is 22.8 Å². The van der Waals surface area contributed by atoms with Crippen LogP contribution >= 0.6 is 11.6 Å². The Morgan fingerprint density at radius 2 is 1.84 bits per heavy atom. The highest BCUT2D eigenvalue weighted by atomic mass is 35.5. The minimum Gasteiger partial charge on any atom is -0.282 e. The Bertz CT molecular complexity index is 872. The van der Waals surface area contributed by atoms with Gasteiger partial charge in [-0.05, 0) is 25.0 Å². The molecule has 25 heavy (non-hydrogen) atoms. The average Bonchev–Trinajstić information content (AvgIpc) is 2.86. The van der Waals surface area contributed by atoms with E-state index in [-0.39, 0.29) is 23.7 Å². The van der Waals surface area contributed by atoms with Crippen LogP contribution in [0.25, 0.3) is 10.9 Å². The van der Waals surface area contributed by atoms with Gasteiger partial charge in [-0.3, -0.25) is 14.5 Å². The van der Waals surface area contributed by atoms with Gasteiger partial charge in [0, 0.05) is 35.5 Å². The standard InChI is InChI=1S/C20H20ClN2O2/c21-15-8-9-16-17(13-15)20(25)23(19(16)24)12-4-11-22-10-3-6-14-5-1-2-7-18(14)22/h1-3,5-8,10,16-17H,4,9,11-13H2/q+1/t16-,17+/m1/s1. The Balaban J connectivity index is 1.44. The normalized spacial score (nSPS) is 23.1. The largest absolute Gasteiger partial charge is 0.282 e. The number of hydrogen-bond donors (Lipinski definition) is 0. The van der Waals surface area contributed by atoms with Crippen molar-refractivity contribution in [3.63, 3.8) is 0 Å². The molecule has 4 nitrogen and oxygen atoms in total. The lowest BCUT2D eigenvalue weighted by molar-refractivity contribution is -0.671. The summed E-state index contributed by atoms with van der Waals surface area (Å²) in [5.41, 5.74) is 1.16. The highest BCUT2D eigenvalue weighted by molar-refractivity contribution is 6.30. The molecule has 1 aromatic heterocycles. The Morgan fingerprint density at radius 1 is 1.08 bits per heavy atom. The van der Waals surface area contributed by atoms with Crippen LogP contribution in [0.15, 0.2) is 53.7 Å². The van der Waals surface area contributed by atoms with E-state index in [1.165, 1.54) is 10.3 Å². The van der Waals surface area contributed by atoms with E-state index in [4.69, 9.17) is 11.6 Å². The van der Waals surface area contributed by atoms with Gasteiger partial charge in [0.2, 0.25) is 17.3 Å². The summed E-state index contributed by atoms with van der Waals surface area (Å²) in [6.07, 6.45) is 5.76. The number of carbonyl (C=O) groups excluding carboxylic acids is 2. The molecule has 0 unspecified atom stereocenters. The number of pyridine rings is 1. The molecule has 1 aromatic carbocycles. The molecule has 5 heteroatoms. The van der Waals surface area contributed by atoms with Gasteiger partial charge in [-0.15, -0.1) is 0 Å². The van der Waals surface area contributed by atoms with E-state index in [0.29, 0.717) is 24.4 Å². The van der Waals surface area contributed by atoms with Crippen LogP contribution in [0.1, 0.15) is 19.3 Å². The molecule has 2 aromatic rings. The number of rotatable bonds is 4. The van der Waals surface area contributed by atoms with Gasteiger partial charge in [0.05, 0.1) is 11.8 Å². The van der Waals surface area contributed by atoms with Crippen molar-refractivity contribution in [2.24, 2.45) is 11.8 Å². The second kappa shape index (κ2) is 6.60. The SMILES string of the molecule is O=C1[C@H]2CC(Cl)=CC[C@H]2C(=O)N1CCC[n+]1cccc2ccccc21. The van der Waals surface area contributed by atoms with Gasteiger partial charge in [-0.25, -0.2) is 0 Å². The van der Waals surface area contributed by atoms with Crippen molar-refractivity contribution in [1.82, 2.24) is 4.90 Å². The number of aryl methyl sites for hydroxylation is 1. The monoisotopic (exact) mass is 355 g/mol. The number of amides is 2. The molecule has 2 amide bonds. The van der Waals surface area contributed by atoms with Crippen LogP contribution in [0.3, 0.4) is 0 Å². The number of para-hydroxylation sites is 1. The molecule has 0 N–H and O–H groups in total. The maximum absolute atomic E-state index is 12.6. The zero-order chi connectivity index (χ0) is 17.4. The first-order valence-electron chi connectivity index (χ1n) is 8.72. The Kier molecular flexibility index (Phi) is 4.30. The topological polar surface area (TPSA) is 41.3 Å². The van der Waals surface area contributed by atoms with Crippen LogP contribution in [-0.2, 0) is 16.1 Å². The number of allylic oxidation sites excluding steroid dienone is 2. The summed E-state index contributed by atoms with van der Waals surface area (Å²) in [6.45, 7) is 1.24. The molecular weight excluding hydrogens is 336 g/mol. The molecule has 1 aliphatic heterocycles. The average molecular weight is 356 g/mol. The maximum Gasteiger partial charge on any atom is 0.233 e. The number of hydrogen-bond acceptors (Lipinski definition) is 2. The molecule has 0 radical (unpaired) electrons. The molecule has 128 valence electrons. The van der Waals surface area contributed by atoms with Crippen molar-refractivity contribution in [3.8, 4) is 0 Å². The van der Waals surface area contributed by atoms with Crippen molar-refractivity contribution in [2.45, 2.75) is 25.8 Å². The fourth-order valence-corrected chi connectivity index (χ4v) is 4.19. The summed E-state index contributed by atoms with van der Waals surface area (Å²) in [5.74, 6) is -0.544. The molecule has 0 bridgehead atoms. The highest BCUT2D eigenvalue weighted by Gasteiger charge is 2.47. The van der Waals surface area contributed by atoms with E-state index in [0.717, 1.165) is 18.5 Å². The first-order chi connectivity index (χ1) is 12.1. The van der Waals surface area contributed by atoms with E-state index in [1.807, 2.05) is 30.5 Å². The molecule has 2 atom stereocenters. The molecule has 0 spiro atoms. The van der Waals surface area contributed by atoms with Crippen molar-refractivity contribution in [1.29, 1.82) is 0 Å². The fourth-order valence-electron chi connectivity index (χ4n) is 3.93. The van der Waals surface area contributed by atoms with Crippen LogP contribution in [0.5, 0.6) is 0 Å². The molecule has 2 heterocycles. The number of likely N-dealkylation sites (tertiary alicyclic amines) is 1. The quantitative estimate of drug-likeness (QED) is 0.625. The highest BCUT2D eigenvalue weighted by Crippen LogP contribution is 2.38. The summed E-state index contributed by atoms with van der Waals surface area (Å²) in [6, 6.07) is 12.3. The van der Waals surface area contributed by atoms with Gasteiger partial charge < -0.3 is 0 Å². The summed E-state index contributed by atoms with van der Waals surface area (Å²) < 4.78 is 2.17. The van der Waals surface area contributed by atoms with Gasteiger partial charge in [0.1, 0.15) is 0 Å². The van der Waals surface area contributed by atoms with E-state index in [9.17, 15) is 9.59 Å². The number of fused-ring (bicyclic) bond motifs is 2. The third kappa shape index (κ3) is 2.95. The van der Waals surface area contributed by atoms with Gasteiger partial charge in [0.25, 0.3) is 0 Å². The van der Waals surface area contributed by atoms with Crippen LogP contribution in [-0.4, -0.2) is 23.3 Å². The number of nitrogens with zero attached hydrogens (tertiary/aromatic N) is 2. The molecular formula is C20H20ClN2O2+. The summed E-state index contributed by atoms with van der Waals surface area (Å²) in [7, 11) is 0. The number of benzene rings is 1. The van der Waals surface area contributed by atoms with Crippen molar-refractivity contribution < 1.29 is 14.2 Å². The molecule has 1 fully saturated rings. The minimum absolute atomic E-state index is 0.0293. The zero-order valence-electron chi connectivity index (χ0n) is 13.9. The molecule has 1 aliphatic carbocycles. The van der Waals surface area contributed by atoms with Crippen LogP contribution in [0.2, 0.25) is 0 Å². The minimum atomic E-state index is -0.254. The van der Waals surface area contributed by atoms with Gasteiger partial charge in [0.15, 0.2) is 12.7 Å². The van der Waals surface area contributed by atoms with Gasteiger partial charge in [-0.2, -0.15) is 4.57 Å². The van der Waals surface area contributed by atoms with Crippen molar-refractivity contribution in [2.75, 3.05) is 6.54 Å². The maximum atomic E-state index is 12.6. The zero-order valence-corrected chi connectivity index (χ0v) is 14.7. The lowest BCUT2D eigenvalue weighted by atomic mass is 9.85. The second-order valence-electron chi connectivity index (χ2n) is 6.75. The van der Waals surface area contributed by atoms with Crippen molar-refractivity contribution in [3.05, 3.63) is 53.7 Å². The molecule has 2 aliphatic rings. The van der Waals surface area contributed by atoms with Crippen LogP contribution in [0.4, 0.5) is 0 Å². The molecule has 1 saturated heterocycles. The Hall–Kier alpha value is -2.20. The first-order valence-corrected chi connectivity index (χ1v) is 9.10. The lowest BCUT2D eigenvalue weighted by Gasteiger charge is -2.17. The Labute approximate surface area is 151 Å².